The number of para-hydroxylation sites is 2. The molecule has 0 aliphatic heterocycles. The number of nitrogens with zero attached hydrogens (tertiary/aromatic N) is 1. The van der Waals surface area contributed by atoms with Crippen LogP contribution in [-0.4, -0.2) is 33.7 Å². The molecule has 1 N–H and O–H groups in total. The van der Waals surface area contributed by atoms with E-state index >= 15 is 0 Å². The third-order valence-corrected chi connectivity index (χ3v) is 7.58. The van der Waals surface area contributed by atoms with Crippen molar-refractivity contribution in [3.05, 3.63) is 77.0 Å². The van der Waals surface area contributed by atoms with Crippen molar-refractivity contribution in [3.8, 4) is 5.75 Å². The maximum absolute atomic E-state index is 14.2. The van der Waals surface area contributed by atoms with Crippen LogP contribution in [0.3, 0.4) is 0 Å². The average molecular weight is 553 g/mol. The van der Waals surface area contributed by atoms with Crippen molar-refractivity contribution in [3.63, 3.8) is 0 Å². The maximum Gasteiger partial charge on any atom is 0.264 e. The molecule has 0 bridgehead atoms. The SMILES string of the molecule is CCOc1ccccc1N(CC(=O)Nc1ccc(Br)cc1F)S(=O)(=O)c1ccc(SC)cc1. The summed E-state index contributed by atoms with van der Waals surface area (Å²) < 4.78 is 48.5. The second-order valence-electron chi connectivity index (χ2n) is 6.76. The molecular weight excluding hydrogens is 531 g/mol. The number of anilines is 2. The number of amides is 1. The van der Waals surface area contributed by atoms with Crippen LogP contribution in [0.4, 0.5) is 15.8 Å². The summed E-state index contributed by atoms with van der Waals surface area (Å²) in [6.07, 6.45) is 1.89. The first-order chi connectivity index (χ1) is 15.8. The Morgan fingerprint density at radius 2 is 1.82 bits per heavy atom. The summed E-state index contributed by atoms with van der Waals surface area (Å²) in [5.41, 5.74) is 0.155. The van der Waals surface area contributed by atoms with Gasteiger partial charge in [0.25, 0.3) is 10.0 Å². The highest BCUT2D eigenvalue weighted by atomic mass is 79.9. The first-order valence-electron chi connectivity index (χ1n) is 9.89. The molecule has 0 saturated heterocycles. The van der Waals surface area contributed by atoms with Crippen molar-refractivity contribution in [1.29, 1.82) is 0 Å². The minimum atomic E-state index is -4.14. The molecule has 3 aromatic rings. The summed E-state index contributed by atoms with van der Waals surface area (Å²) in [6.45, 7) is 1.51. The highest BCUT2D eigenvalue weighted by molar-refractivity contribution is 9.10. The van der Waals surface area contributed by atoms with Crippen LogP contribution >= 0.6 is 27.7 Å². The minimum Gasteiger partial charge on any atom is -0.492 e. The summed E-state index contributed by atoms with van der Waals surface area (Å²) >= 11 is 4.65. The summed E-state index contributed by atoms with van der Waals surface area (Å²) in [5.74, 6) is -1.03. The molecule has 0 unspecified atom stereocenters. The van der Waals surface area contributed by atoms with Gasteiger partial charge in [0.2, 0.25) is 5.91 Å². The van der Waals surface area contributed by atoms with E-state index in [-0.39, 0.29) is 16.3 Å². The van der Waals surface area contributed by atoms with Gasteiger partial charge in [-0.05, 0) is 67.8 Å². The quantitative estimate of drug-likeness (QED) is 0.352. The van der Waals surface area contributed by atoms with Gasteiger partial charge in [-0.2, -0.15) is 0 Å². The predicted molar refractivity (Wildman–Crippen MR) is 133 cm³/mol. The van der Waals surface area contributed by atoms with Gasteiger partial charge in [0, 0.05) is 9.37 Å². The van der Waals surface area contributed by atoms with Crippen LogP contribution in [0, 0.1) is 5.82 Å². The molecule has 0 aromatic heterocycles. The average Bonchev–Trinajstić information content (AvgIpc) is 2.80. The van der Waals surface area contributed by atoms with Gasteiger partial charge in [-0.15, -0.1) is 11.8 Å². The van der Waals surface area contributed by atoms with Gasteiger partial charge in [-0.25, -0.2) is 12.8 Å². The third kappa shape index (κ3) is 6.07. The molecule has 0 spiro atoms. The molecule has 174 valence electrons. The van der Waals surface area contributed by atoms with Gasteiger partial charge in [0.1, 0.15) is 18.1 Å². The van der Waals surface area contributed by atoms with Gasteiger partial charge >= 0.3 is 0 Å². The molecule has 33 heavy (non-hydrogen) atoms. The van der Waals surface area contributed by atoms with Crippen LogP contribution in [-0.2, 0) is 14.8 Å². The number of hydrogen-bond donors (Lipinski definition) is 1. The lowest BCUT2D eigenvalue weighted by molar-refractivity contribution is -0.114. The fraction of sp³-hybridized carbons (Fsp3) is 0.174. The van der Waals surface area contributed by atoms with Gasteiger partial charge in [0.05, 0.1) is 22.9 Å². The van der Waals surface area contributed by atoms with E-state index in [1.54, 1.807) is 49.4 Å². The first kappa shape index (κ1) is 25.1. The zero-order valence-electron chi connectivity index (χ0n) is 17.9. The molecule has 1 amide bonds. The molecule has 3 aromatic carbocycles. The van der Waals surface area contributed by atoms with Crippen LogP contribution in [0.5, 0.6) is 5.75 Å². The van der Waals surface area contributed by atoms with Gasteiger partial charge in [-0.1, -0.05) is 28.1 Å². The third-order valence-electron chi connectivity index (χ3n) is 4.57. The minimum absolute atomic E-state index is 0.0224. The number of thioether (sulfide) groups is 1. The summed E-state index contributed by atoms with van der Waals surface area (Å²) in [4.78, 5) is 13.8. The first-order valence-corrected chi connectivity index (χ1v) is 13.4. The van der Waals surface area contributed by atoms with Crippen LogP contribution in [0.25, 0.3) is 0 Å². The standard InChI is InChI=1S/C23H22BrFN2O4S2/c1-3-31-22-7-5-4-6-21(22)27(33(29,30)18-11-9-17(32-2)10-12-18)15-23(28)26-20-13-8-16(24)14-19(20)25/h4-14H,3,15H2,1-2H3,(H,26,28). The lowest BCUT2D eigenvalue weighted by atomic mass is 10.3. The van der Waals surface area contributed by atoms with Crippen molar-refractivity contribution in [2.24, 2.45) is 0 Å². The Kier molecular flexibility index (Phi) is 8.39. The number of benzene rings is 3. The van der Waals surface area contributed by atoms with Gasteiger partial charge < -0.3 is 10.1 Å². The molecule has 0 fully saturated rings. The van der Waals surface area contributed by atoms with E-state index in [1.165, 1.54) is 36.0 Å². The lowest BCUT2D eigenvalue weighted by Crippen LogP contribution is -2.38. The zero-order valence-corrected chi connectivity index (χ0v) is 21.1. The second-order valence-corrected chi connectivity index (χ2v) is 10.4. The lowest BCUT2D eigenvalue weighted by Gasteiger charge is -2.26. The van der Waals surface area contributed by atoms with E-state index in [0.29, 0.717) is 16.8 Å². The van der Waals surface area contributed by atoms with Crippen LogP contribution in [0.1, 0.15) is 6.92 Å². The van der Waals surface area contributed by atoms with E-state index in [1.807, 2.05) is 6.26 Å². The number of hydrogen-bond acceptors (Lipinski definition) is 5. The van der Waals surface area contributed by atoms with Gasteiger partial charge in [0.15, 0.2) is 0 Å². The molecule has 0 saturated carbocycles. The van der Waals surface area contributed by atoms with Crippen molar-refractivity contribution in [1.82, 2.24) is 0 Å². The second kappa shape index (κ2) is 11.0. The number of carbonyl (C=O) groups excluding carboxylic acids is 1. The van der Waals surface area contributed by atoms with Crippen molar-refractivity contribution in [2.75, 3.05) is 29.0 Å². The Morgan fingerprint density at radius 1 is 1.12 bits per heavy atom. The number of rotatable bonds is 9. The number of halogens is 2. The summed E-state index contributed by atoms with van der Waals surface area (Å²) in [5, 5.41) is 2.45. The largest absolute Gasteiger partial charge is 0.492 e. The summed E-state index contributed by atoms with van der Waals surface area (Å²) in [7, 11) is -4.14. The molecule has 0 atom stereocenters. The molecule has 0 radical (unpaired) electrons. The highest BCUT2D eigenvalue weighted by Crippen LogP contribution is 2.33. The van der Waals surface area contributed by atoms with Crippen molar-refractivity contribution >= 4 is 55.0 Å². The normalized spacial score (nSPS) is 11.2. The Balaban J connectivity index is 2.00. The summed E-state index contributed by atoms with van der Waals surface area (Å²) in [6, 6.07) is 17.1. The molecule has 0 aliphatic carbocycles. The Labute approximate surface area is 205 Å². The number of ether oxygens (including phenoxy) is 1. The smallest absolute Gasteiger partial charge is 0.264 e. The van der Waals surface area contributed by atoms with Crippen LogP contribution in [0.2, 0.25) is 0 Å². The molecule has 6 nitrogen and oxygen atoms in total. The predicted octanol–water partition coefficient (Wildman–Crippen LogP) is 5.54. The topological polar surface area (TPSA) is 75.7 Å². The van der Waals surface area contributed by atoms with Crippen LogP contribution < -0.4 is 14.4 Å². The van der Waals surface area contributed by atoms with Crippen LogP contribution in [0.15, 0.2) is 81.0 Å². The number of nitrogens with one attached hydrogen (secondary N) is 1. The van der Waals surface area contributed by atoms with E-state index in [9.17, 15) is 17.6 Å². The number of carbonyl (C=O) groups is 1. The van der Waals surface area contributed by atoms with E-state index < -0.39 is 28.3 Å². The Morgan fingerprint density at radius 3 is 2.45 bits per heavy atom. The fourth-order valence-corrected chi connectivity index (χ4v) is 5.20. The van der Waals surface area contributed by atoms with E-state index in [4.69, 9.17) is 4.74 Å². The highest BCUT2D eigenvalue weighted by Gasteiger charge is 2.29. The Hall–Kier alpha value is -2.56. The van der Waals surface area contributed by atoms with E-state index in [2.05, 4.69) is 21.2 Å². The molecular formula is C23H22BrFN2O4S2. The maximum atomic E-state index is 14.2. The fourth-order valence-electron chi connectivity index (χ4n) is 3.03. The molecule has 0 heterocycles. The molecule has 0 aliphatic rings. The van der Waals surface area contributed by atoms with Gasteiger partial charge in [-0.3, -0.25) is 9.10 Å². The van der Waals surface area contributed by atoms with Crippen molar-refractivity contribution < 1.29 is 22.3 Å². The van der Waals surface area contributed by atoms with E-state index in [0.717, 1.165) is 9.20 Å². The molecule has 3 rings (SSSR count). The zero-order chi connectivity index (χ0) is 24.0. The molecule has 10 heteroatoms. The van der Waals surface area contributed by atoms with Crippen molar-refractivity contribution in [2.45, 2.75) is 16.7 Å². The monoisotopic (exact) mass is 552 g/mol. The Bertz CT molecular complexity index is 1240. The number of sulfonamides is 1.